The predicted molar refractivity (Wildman–Crippen MR) is 61.1 cm³/mol. The predicted octanol–water partition coefficient (Wildman–Crippen LogP) is 0.584. The number of aromatic nitrogens is 4. The normalized spacial score (nSPS) is 12.6. The Morgan fingerprint density at radius 2 is 2.24 bits per heavy atom. The van der Waals surface area contributed by atoms with E-state index in [1.807, 2.05) is 0 Å². The van der Waals surface area contributed by atoms with Crippen molar-refractivity contribution in [2.75, 3.05) is 6.26 Å². The molecule has 0 radical (unpaired) electrons. The van der Waals surface area contributed by atoms with E-state index in [1.54, 1.807) is 0 Å². The molecule has 2 rings (SSSR count). The van der Waals surface area contributed by atoms with Crippen LogP contribution in [0.5, 0.6) is 0 Å². The first kappa shape index (κ1) is 11.8. The van der Waals surface area contributed by atoms with E-state index in [0.717, 1.165) is 17.5 Å². The Bertz CT molecular complexity index is 604. The van der Waals surface area contributed by atoms with Gasteiger partial charge in [0.25, 0.3) is 5.82 Å². The van der Waals surface area contributed by atoms with Crippen LogP contribution in [0, 0.1) is 10.1 Å². The maximum Gasteiger partial charge on any atom is 0.342 e. The lowest BCUT2D eigenvalue weighted by Crippen LogP contribution is -1.98. The smallest absolute Gasteiger partial charge is 0.342 e. The van der Waals surface area contributed by atoms with E-state index in [2.05, 4.69) is 15.2 Å². The van der Waals surface area contributed by atoms with Crippen molar-refractivity contribution in [3.63, 3.8) is 0 Å². The highest BCUT2D eigenvalue weighted by atomic mass is 32.2. The highest BCUT2D eigenvalue weighted by Crippen LogP contribution is 2.26. The fourth-order valence-corrected chi connectivity index (χ4v) is 2.66. The highest BCUT2D eigenvalue weighted by Gasteiger charge is 2.21. The Balaban J connectivity index is 2.46. The summed E-state index contributed by atoms with van der Waals surface area (Å²) in [5.41, 5.74) is 0. The lowest BCUT2D eigenvalue weighted by atomic mass is 10.6. The Labute approximate surface area is 102 Å². The molecule has 0 spiro atoms. The summed E-state index contributed by atoms with van der Waals surface area (Å²) < 4.78 is 12.8. The van der Waals surface area contributed by atoms with Crippen LogP contribution in [0.1, 0.15) is 0 Å². The van der Waals surface area contributed by atoms with Gasteiger partial charge in [0, 0.05) is 6.26 Å². The zero-order valence-electron chi connectivity index (χ0n) is 8.85. The van der Waals surface area contributed by atoms with Crippen LogP contribution in [-0.4, -0.2) is 35.1 Å². The second-order valence-corrected chi connectivity index (χ2v) is 5.61. The molecule has 1 unspecified atom stereocenters. The summed E-state index contributed by atoms with van der Waals surface area (Å²) in [5, 5.41) is 18.6. The third-order valence-corrected chi connectivity index (χ3v) is 4.24. The van der Waals surface area contributed by atoms with Crippen LogP contribution in [-0.2, 0) is 17.8 Å². The van der Waals surface area contributed by atoms with Gasteiger partial charge in [-0.1, -0.05) is 11.3 Å². The standard InChI is InChI=1S/C7H7N5O3S2/c1-11-4(12(13)14)3-8-5(11)6-9-10-7(16-6)17(2)15/h3H,1-2H3. The second-order valence-electron chi connectivity index (χ2n) is 3.08. The van der Waals surface area contributed by atoms with Gasteiger partial charge in [-0.05, 0) is 4.92 Å². The highest BCUT2D eigenvalue weighted by molar-refractivity contribution is 7.86. The van der Waals surface area contributed by atoms with Gasteiger partial charge in [0.05, 0.1) is 17.8 Å². The van der Waals surface area contributed by atoms with Crippen molar-refractivity contribution < 1.29 is 9.13 Å². The number of nitro groups is 1. The molecule has 8 nitrogen and oxygen atoms in total. The van der Waals surface area contributed by atoms with Gasteiger partial charge >= 0.3 is 5.82 Å². The van der Waals surface area contributed by atoms with E-state index >= 15 is 0 Å². The molecule has 17 heavy (non-hydrogen) atoms. The van der Waals surface area contributed by atoms with Crippen LogP contribution in [0.25, 0.3) is 10.8 Å². The number of hydrogen-bond acceptors (Lipinski definition) is 7. The van der Waals surface area contributed by atoms with Gasteiger partial charge < -0.3 is 10.1 Å². The Morgan fingerprint density at radius 1 is 1.53 bits per heavy atom. The number of hydrogen-bond donors (Lipinski definition) is 0. The molecule has 0 aliphatic rings. The van der Waals surface area contributed by atoms with Crippen LogP contribution < -0.4 is 0 Å². The van der Waals surface area contributed by atoms with Gasteiger partial charge in [-0.25, -0.2) is 9.55 Å². The zero-order chi connectivity index (χ0) is 12.6. The molecule has 0 aliphatic heterocycles. The quantitative estimate of drug-likeness (QED) is 0.598. The van der Waals surface area contributed by atoms with Crippen LogP contribution in [0.3, 0.4) is 0 Å². The van der Waals surface area contributed by atoms with Gasteiger partial charge in [-0.15, -0.1) is 10.2 Å². The van der Waals surface area contributed by atoms with Gasteiger partial charge in [0.1, 0.15) is 6.20 Å². The molecule has 0 saturated carbocycles. The maximum absolute atomic E-state index is 11.2. The molecule has 2 heterocycles. The summed E-state index contributed by atoms with van der Waals surface area (Å²) in [6.45, 7) is 0. The minimum atomic E-state index is -1.22. The third-order valence-electron chi connectivity index (χ3n) is 1.99. The van der Waals surface area contributed by atoms with E-state index in [1.165, 1.54) is 17.9 Å². The second kappa shape index (κ2) is 4.30. The lowest BCUT2D eigenvalue weighted by Gasteiger charge is -1.94. The minimum absolute atomic E-state index is 0.130. The number of rotatable bonds is 3. The average molecular weight is 273 g/mol. The van der Waals surface area contributed by atoms with E-state index < -0.39 is 15.7 Å². The molecule has 0 N–H and O–H groups in total. The van der Waals surface area contributed by atoms with Crippen LogP contribution in [0.4, 0.5) is 5.82 Å². The van der Waals surface area contributed by atoms with Crippen LogP contribution in [0.2, 0.25) is 0 Å². The largest absolute Gasteiger partial charge is 0.358 e. The lowest BCUT2D eigenvalue weighted by molar-refractivity contribution is -0.391. The summed E-state index contributed by atoms with van der Waals surface area (Å²) in [4.78, 5) is 14.0. The zero-order valence-corrected chi connectivity index (χ0v) is 10.5. The van der Waals surface area contributed by atoms with Crippen molar-refractivity contribution in [1.29, 1.82) is 0 Å². The fraction of sp³-hybridized carbons (Fsp3) is 0.286. The summed E-state index contributed by atoms with van der Waals surface area (Å²) in [6, 6.07) is 0. The fourth-order valence-electron chi connectivity index (χ4n) is 1.19. The monoisotopic (exact) mass is 273 g/mol. The average Bonchev–Trinajstić information content (AvgIpc) is 2.82. The van der Waals surface area contributed by atoms with Crippen molar-refractivity contribution in [2.24, 2.45) is 7.05 Å². The Hall–Kier alpha value is -1.68. The van der Waals surface area contributed by atoms with E-state index in [-0.39, 0.29) is 5.82 Å². The molecule has 1 atom stereocenters. The van der Waals surface area contributed by atoms with Crippen molar-refractivity contribution in [2.45, 2.75) is 4.34 Å². The van der Waals surface area contributed by atoms with Crippen molar-refractivity contribution in [1.82, 2.24) is 19.7 Å². The molecule has 0 amide bonds. The third kappa shape index (κ3) is 2.08. The summed E-state index contributed by atoms with van der Waals surface area (Å²) >= 11 is 1.10. The molecule has 10 heteroatoms. The Kier molecular flexibility index (Phi) is 2.98. The van der Waals surface area contributed by atoms with E-state index in [0.29, 0.717) is 15.2 Å². The van der Waals surface area contributed by atoms with E-state index in [4.69, 9.17) is 0 Å². The molecular formula is C7H7N5O3S2. The summed E-state index contributed by atoms with van der Waals surface area (Å²) in [5.74, 6) is 0.209. The molecule has 0 aliphatic carbocycles. The van der Waals surface area contributed by atoms with E-state index in [9.17, 15) is 14.3 Å². The summed E-state index contributed by atoms with van der Waals surface area (Å²) in [6.07, 6.45) is 2.64. The first-order chi connectivity index (χ1) is 8.00. The molecule has 0 fully saturated rings. The van der Waals surface area contributed by atoms with Gasteiger partial charge in [0.15, 0.2) is 0 Å². The molecule has 2 aromatic heterocycles. The molecule has 0 saturated heterocycles. The SMILES string of the molecule is Cn1c([N+](=O)[O-])cnc1-c1nnc(S(C)=O)s1. The van der Waals surface area contributed by atoms with Crippen molar-refractivity contribution >= 4 is 28.0 Å². The summed E-state index contributed by atoms with van der Waals surface area (Å²) in [7, 11) is 0.302. The van der Waals surface area contributed by atoms with Gasteiger partial charge in [-0.3, -0.25) is 4.21 Å². The van der Waals surface area contributed by atoms with Crippen LogP contribution in [0.15, 0.2) is 10.5 Å². The first-order valence-electron chi connectivity index (χ1n) is 4.34. The van der Waals surface area contributed by atoms with Gasteiger partial charge in [0.2, 0.25) is 9.35 Å². The van der Waals surface area contributed by atoms with Crippen molar-refractivity contribution in [3.8, 4) is 10.8 Å². The molecule has 0 bridgehead atoms. The van der Waals surface area contributed by atoms with Crippen LogP contribution >= 0.6 is 11.3 Å². The Morgan fingerprint density at radius 3 is 2.71 bits per heavy atom. The molecule has 2 aromatic rings. The first-order valence-corrected chi connectivity index (χ1v) is 6.71. The molecule has 90 valence electrons. The molecular weight excluding hydrogens is 266 g/mol. The molecule has 0 aromatic carbocycles. The van der Waals surface area contributed by atoms with Gasteiger partial charge in [-0.2, -0.15) is 0 Å². The number of imidazole rings is 1. The number of nitrogens with zero attached hydrogens (tertiary/aromatic N) is 5. The maximum atomic E-state index is 11.2. The topological polar surface area (TPSA) is 104 Å². The van der Waals surface area contributed by atoms with Crippen molar-refractivity contribution in [3.05, 3.63) is 16.3 Å². The minimum Gasteiger partial charge on any atom is -0.358 e.